The van der Waals surface area contributed by atoms with Crippen LogP contribution in [-0.2, 0) is 14.3 Å². The van der Waals surface area contributed by atoms with Gasteiger partial charge in [-0.15, -0.1) is 0 Å². The Morgan fingerprint density at radius 1 is 0.769 bits per heavy atom. The van der Waals surface area contributed by atoms with Gasteiger partial charge >= 0.3 is 11.9 Å². The Morgan fingerprint density at radius 2 is 1.41 bits per heavy atom. The number of benzene rings is 3. The standard InChI is InChI=1S/C32H32O6S/c1-4-30(33)37-21-9-7-6-8-20-36-26-14-17-28(18-15-26)39-32(35)25-12-10-24(11-13-25)29-19-16-27(22-23(29)3)38-31(34)5-2/h4-5,10-19,22H,1-2,6-9,20-21H2,3H3. The fourth-order valence-electron chi connectivity index (χ4n) is 3.72. The summed E-state index contributed by atoms with van der Waals surface area (Å²) in [5.41, 5.74) is 3.52. The summed E-state index contributed by atoms with van der Waals surface area (Å²) in [5.74, 6) is 0.334. The predicted octanol–water partition coefficient (Wildman–Crippen LogP) is 7.35. The third kappa shape index (κ3) is 9.61. The maximum Gasteiger partial charge on any atom is 0.335 e. The SMILES string of the molecule is C=CC(=O)OCCCCCCOc1ccc(SC(=O)c2ccc(-c3ccc(OC(=O)C=C)cc3C)cc2)cc1. The van der Waals surface area contributed by atoms with E-state index in [1.165, 1.54) is 17.8 Å². The number of hydrogen-bond donors (Lipinski definition) is 0. The van der Waals surface area contributed by atoms with E-state index >= 15 is 0 Å². The molecule has 0 aliphatic carbocycles. The first-order valence-corrected chi connectivity index (χ1v) is 13.5. The van der Waals surface area contributed by atoms with Crippen LogP contribution in [0.2, 0.25) is 0 Å². The van der Waals surface area contributed by atoms with E-state index in [2.05, 4.69) is 13.2 Å². The monoisotopic (exact) mass is 544 g/mol. The van der Waals surface area contributed by atoms with Crippen molar-refractivity contribution in [1.29, 1.82) is 0 Å². The van der Waals surface area contributed by atoms with E-state index in [0.29, 0.717) is 24.5 Å². The fourth-order valence-corrected chi connectivity index (χ4v) is 4.46. The molecule has 202 valence electrons. The third-order valence-electron chi connectivity index (χ3n) is 5.77. The minimum absolute atomic E-state index is 0.0441. The summed E-state index contributed by atoms with van der Waals surface area (Å²) >= 11 is 1.17. The van der Waals surface area contributed by atoms with Gasteiger partial charge in [-0.3, -0.25) is 4.79 Å². The lowest BCUT2D eigenvalue weighted by atomic mass is 9.99. The molecule has 3 aromatic carbocycles. The molecule has 0 aromatic heterocycles. The molecule has 0 N–H and O–H groups in total. The van der Waals surface area contributed by atoms with E-state index in [4.69, 9.17) is 14.2 Å². The topological polar surface area (TPSA) is 78.9 Å². The van der Waals surface area contributed by atoms with Crippen LogP contribution in [0.25, 0.3) is 11.1 Å². The first kappa shape index (κ1) is 29.5. The zero-order valence-corrected chi connectivity index (χ0v) is 22.8. The molecule has 0 amide bonds. The summed E-state index contributed by atoms with van der Waals surface area (Å²) in [7, 11) is 0. The van der Waals surface area contributed by atoms with Crippen molar-refractivity contribution in [2.75, 3.05) is 13.2 Å². The molecule has 0 aliphatic rings. The second-order valence-corrected chi connectivity index (χ2v) is 9.72. The molecule has 0 saturated carbocycles. The number of esters is 2. The van der Waals surface area contributed by atoms with Gasteiger partial charge in [-0.25, -0.2) is 9.59 Å². The molecule has 0 atom stereocenters. The minimum Gasteiger partial charge on any atom is -0.494 e. The van der Waals surface area contributed by atoms with Crippen LogP contribution in [-0.4, -0.2) is 30.3 Å². The number of carbonyl (C=O) groups excluding carboxylic acids is 3. The van der Waals surface area contributed by atoms with Crippen molar-refractivity contribution in [3.8, 4) is 22.6 Å². The van der Waals surface area contributed by atoms with Crippen molar-refractivity contribution in [2.24, 2.45) is 0 Å². The molecule has 3 rings (SSSR count). The number of aryl methyl sites for hydroxylation is 1. The molecule has 0 heterocycles. The van der Waals surface area contributed by atoms with Gasteiger partial charge in [-0.1, -0.05) is 31.4 Å². The Balaban J connectivity index is 1.44. The molecule has 0 spiro atoms. The predicted molar refractivity (Wildman–Crippen MR) is 154 cm³/mol. The first-order valence-electron chi connectivity index (χ1n) is 12.7. The van der Waals surface area contributed by atoms with E-state index in [0.717, 1.165) is 59.1 Å². The highest BCUT2D eigenvalue weighted by molar-refractivity contribution is 8.14. The van der Waals surface area contributed by atoms with Gasteiger partial charge in [0.2, 0.25) is 5.12 Å². The number of unbranched alkanes of at least 4 members (excludes halogenated alkanes) is 3. The van der Waals surface area contributed by atoms with Gasteiger partial charge < -0.3 is 14.2 Å². The Bertz CT molecular complexity index is 1300. The van der Waals surface area contributed by atoms with Gasteiger partial charge in [0.25, 0.3) is 0 Å². The van der Waals surface area contributed by atoms with E-state index in [1.807, 2.05) is 61.5 Å². The summed E-state index contributed by atoms with van der Waals surface area (Å²) in [6.45, 7) is 9.73. The van der Waals surface area contributed by atoms with Crippen LogP contribution in [0, 0.1) is 6.92 Å². The lowest BCUT2D eigenvalue weighted by Gasteiger charge is -2.10. The fraction of sp³-hybridized carbons (Fsp3) is 0.219. The highest BCUT2D eigenvalue weighted by Gasteiger charge is 2.11. The molecule has 0 bridgehead atoms. The van der Waals surface area contributed by atoms with E-state index in [-0.39, 0.29) is 11.1 Å². The van der Waals surface area contributed by atoms with Crippen LogP contribution in [0.3, 0.4) is 0 Å². The van der Waals surface area contributed by atoms with Gasteiger partial charge in [-0.05, 0) is 110 Å². The maximum absolute atomic E-state index is 12.8. The minimum atomic E-state index is -0.501. The average molecular weight is 545 g/mol. The Labute approximate surface area is 233 Å². The molecule has 0 fully saturated rings. The highest BCUT2D eigenvalue weighted by atomic mass is 32.2. The smallest absolute Gasteiger partial charge is 0.335 e. The highest BCUT2D eigenvalue weighted by Crippen LogP contribution is 2.29. The van der Waals surface area contributed by atoms with Crippen molar-refractivity contribution >= 4 is 28.8 Å². The Kier molecular flexibility index (Phi) is 11.6. The van der Waals surface area contributed by atoms with Gasteiger partial charge in [0, 0.05) is 22.6 Å². The number of rotatable bonds is 14. The number of carbonyl (C=O) groups is 3. The molecular formula is C32H32O6S. The van der Waals surface area contributed by atoms with E-state index < -0.39 is 5.97 Å². The number of hydrogen-bond acceptors (Lipinski definition) is 7. The van der Waals surface area contributed by atoms with Crippen molar-refractivity contribution in [2.45, 2.75) is 37.5 Å². The second kappa shape index (κ2) is 15.3. The summed E-state index contributed by atoms with van der Waals surface area (Å²) in [5, 5.41) is -0.0441. The Morgan fingerprint density at radius 3 is 2.05 bits per heavy atom. The van der Waals surface area contributed by atoms with Gasteiger partial charge in [0.05, 0.1) is 13.2 Å². The molecule has 6 nitrogen and oxygen atoms in total. The van der Waals surface area contributed by atoms with Crippen molar-refractivity contribution < 1.29 is 28.6 Å². The van der Waals surface area contributed by atoms with Crippen molar-refractivity contribution in [3.63, 3.8) is 0 Å². The number of ether oxygens (including phenoxy) is 3. The lowest BCUT2D eigenvalue weighted by Crippen LogP contribution is -2.03. The van der Waals surface area contributed by atoms with Crippen LogP contribution in [0.4, 0.5) is 0 Å². The third-order valence-corrected chi connectivity index (χ3v) is 6.70. The van der Waals surface area contributed by atoms with E-state index in [1.54, 1.807) is 12.1 Å². The van der Waals surface area contributed by atoms with Crippen LogP contribution in [0.15, 0.2) is 96.9 Å². The van der Waals surface area contributed by atoms with Crippen LogP contribution < -0.4 is 9.47 Å². The first-order chi connectivity index (χ1) is 18.9. The zero-order chi connectivity index (χ0) is 28.0. The molecular weight excluding hydrogens is 512 g/mol. The molecule has 7 heteroatoms. The zero-order valence-electron chi connectivity index (χ0n) is 22.0. The normalized spacial score (nSPS) is 10.4. The largest absolute Gasteiger partial charge is 0.494 e. The van der Waals surface area contributed by atoms with Crippen LogP contribution in [0.1, 0.15) is 41.6 Å². The number of thioether (sulfide) groups is 1. The molecule has 0 aliphatic heterocycles. The molecule has 0 radical (unpaired) electrons. The van der Waals surface area contributed by atoms with Gasteiger partial charge in [-0.2, -0.15) is 0 Å². The van der Waals surface area contributed by atoms with Gasteiger partial charge in [0.15, 0.2) is 0 Å². The van der Waals surface area contributed by atoms with Crippen LogP contribution >= 0.6 is 11.8 Å². The average Bonchev–Trinajstić information content (AvgIpc) is 2.95. The summed E-state index contributed by atoms with van der Waals surface area (Å²) in [4.78, 5) is 36.0. The maximum atomic E-state index is 12.8. The molecule has 39 heavy (non-hydrogen) atoms. The second-order valence-electron chi connectivity index (χ2n) is 8.67. The van der Waals surface area contributed by atoms with Gasteiger partial charge in [0.1, 0.15) is 11.5 Å². The summed E-state index contributed by atoms with van der Waals surface area (Å²) in [6.07, 6.45) is 5.98. The summed E-state index contributed by atoms with van der Waals surface area (Å²) in [6, 6.07) is 20.4. The Hall–Kier alpha value is -4.10. The van der Waals surface area contributed by atoms with Crippen LogP contribution in [0.5, 0.6) is 11.5 Å². The quantitative estimate of drug-likeness (QED) is 0.0690. The van der Waals surface area contributed by atoms with E-state index in [9.17, 15) is 14.4 Å². The molecule has 0 saturated heterocycles. The molecule has 0 unspecified atom stereocenters. The lowest BCUT2D eigenvalue weighted by molar-refractivity contribution is -0.137. The van der Waals surface area contributed by atoms with Crippen molar-refractivity contribution in [3.05, 3.63) is 103 Å². The molecule has 3 aromatic rings. The van der Waals surface area contributed by atoms with Crippen molar-refractivity contribution in [1.82, 2.24) is 0 Å². The summed E-state index contributed by atoms with van der Waals surface area (Å²) < 4.78 is 15.9.